The molecule has 3 fully saturated rings. The maximum absolute atomic E-state index is 5.57. The number of likely N-dealkylation sites (tertiary alicyclic amines) is 2. The molecule has 0 amide bonds. The summed E-state index contributed by atoms with van der Waals surface area (Å²) in [5.74, 6) is 3.07. The van der Waals surface area contributed by atoms with Gasteiger partial charge in [-0.05, 0) is 120 Å². The summed E-state index contributed by atoms with van der Waals surface area (Å²) in [5.41, 5.74) is 4.78. The largest absolute Gasteiger partial charge is 0.493 e. The second-order valence-electron chi connectivity index (χ2n) is 11.5. The number of fused-ring (bicyclic) bond motifs is 1. The molecule has 1 aliphatic carbocycles. The minimum atomic E-state index is 0.300. The predicted octanol–water partition coefficient (Wildman–Crippen LogP) is 6.11. The fourth-order valence-corrected chi connectivity index (χ4v) is 6.73. The summed E-state index contributed by atoms with van der Waals surface area (Å²) in [4.78, 5) is 10.7. The average Bonchev–Trinajstić information content (AvgIpc) is 3.72. The van der Waals surface area contributed by atoms with Gasteiger partial charge < -0.3 is 23.8 Å². The maximum Gasteiger partial charge on any atom is 0.161 e. The third-order valence-corrected chi connectivity index (χ3v) is 8.95. The number of hydrogen-bond acceptors (Lipinski definition) is 5. The number of rotatable bonds is 7. The fourth-order valence-electron chi connectivity index (χ4n) is 6.73. The van der Waals surface area contributed by atoms with Gasteiger partial charge in [-0.2, -0.15) is 0 Å². The molecule has 3 aliphatic rings. The Morgan fingerprint density at radius 1 is 0.757 bits per heavy atom. The monoisotopic (exact) mass is 502 g/mol. The lowest BCUT2D eigenvalue weighted by Gasteiger charge is -2.42. The summed E-state index contributed by atoms with van der Waals surface area (Å²) in [6, 6.07) is 15.1. The first-order chi connectivity index (χ1) is 18.1. The van der Waals surface area contributed by atoms with Gasteiger partial charge >= 0.3 is 0 Å². The van der Waals surface area contributed by atoms with Gasteiger partial charge in [-0.1, -0.05) is 6.07 Å². The zero-order valence-electron chi connectivity index (χ0n) is 22.9. The Kier molecular flexibility index (Phi) is 6.89. The molecule has 0 spiro atoms. The number of nitrogens with zero attached hydrogens (tertiary/aromatic N) is 4. The summed E-state index contributed by atoms with van der Waals surface area (Å²) in [6.07, 6.45) is 8.10. The second kappa shape index (κ2) is 10.3. The van der Waals surface area contributed by atoms with Gasteiger partial charge in [0.2, 0.25) is 0 Å². The van der Waals surface area contributed by atoms with Crippen LogP contribution in [0, 0.1) is 0 Å². The van der Waals surface area contributed by atoms with E-state index in [-0.39, 0.29) is 0 Å². The fraction of sp³-hybridized carbons (Fsp3) is 0.581. The molecule has 6 rings (SSSR count). The number of piperidine rings is 2. The van der Waals surface area contributed by atoms with Crippen molar-refractivity contribution in [3.63, 3.8) is 0 Å². The third kappa shape index (κ3) is 4.86. The highest BCUT2D eigenvalue weighted by atomic mass is 16.5. The predicted molar refractivity (Wildman–Crippen MR) is 150 cm³/mol. The summed E-state index contributed by atoms with van der Waals surface area (Å²) in [7, 11) is 3.35. The van der Waals surface area contributed by atoms with Crippen LogP contribution in [0.1, 0.15) is 69.9 Å². The Hall–Kier alpha value is -2.57. The summed E-state index contributed by atoms with van der Waals surface area (Å²) < 4.78 is 13.4. The molecule has 2 saturated heterocycles. The lowest BCUT2D eigenvalue weighted by Crippen LogP contribution is -2.47. The van der Waals surface area contributed by atoms with E-state index in [1.807, 2.05) is 12.1 Å². The van der Waals surface area contributed by atoms with Gasteiger partial charge in [-0.15, -0.1) is 0 Å². The van der Waals surface area contributed by atoms with Crippen molar-refractivity contribution in [3.8, 4) is 22.9 Å². The molecule has 37 heavy (non-hydrogen) atoms. The Morgan fingerprint density at radius 3 is 2.03 bits per heavy atom. The smallest absolute Gasteiger partial charge is 0.161 e. The van der Waals surface area contributed by atoms with Gasteiger partial charge in [0.1, 0.15) is 5.82 Å². The summed E-state index contributed by atoms with van der Waals surface area (Å²) >= 11 is 0. The minimum Gasteiger partial charge on any atom is -0.493 e. The third-order valence-electron chi connectivity index (χ3n) is 8.95. The van der Waals surface area contributed by atoms with Gasteiger partial charge in [0.25, 0.3) is 0 Å². The molecule has 6 heteroatoms. The van der Waals surface area contributed by atoms with Crippen LogP contribution in [-0.2, 0) is 0 Å². The van der Waals surface area contributed by atoms with E-state index in [2.05, 4.69) is 52.5 Å². The maximum atomic E-state index is 5.57. The number of hydrogen-bond donors (Lipinski definition) is 0. The Morgan fingerprint density at radius 2 is 1.41 bits per heavy atom. The molecule has 0 radical (unpaired) electrons. The van der Waals surface area contributed by atoms with Crippen molar-refractivity contribution >= 4 is 11.0 Å². The zero-order valence-corrected chi connectivity index (χ0v) is 22.9. The molecule has 2 aromatic carbocycles. The molecular weight excluding hydrogens is 460 g/mol. The molecule has 198 valence electrons. The molecule has 0 unspecified atom stereocenters. The number of aromatic nitrogens is 2. The van der Waals surface area contributed by atoms with Crippen molar-refractivity contribution in [3.05, 3.63) is 42.0 Å². The van der Waals surface area contributed by atoms with Crippen molar-refractivity contribution in [2.45, 2.75) is 76.4 Å². The van der Waals surface area contributed by atoms with Crippen LogP contribution in [0.2, 0.25) is 0 Å². The molecular formula is C31H42N4O2. The molecule has 1 saturated carbocycles. The van der Waals surface area contributed by atoms with Gasteiger partial charge in [0.05, 0.1) is 25.3 Å². The Labute approximate surface area is 221 Å². The van der Waals surface area contributed by atoms with E-state index in [0.717, 1.165) is 40.5 Å². The van der Waals surface area contributed by atoms with Crippen LogP contribution in [0.25, 0.3) is 22.4 Å². The number of imidazole rings is 1. The Bertz CT molecular complexity index is 1230. The molecule has 2 aliphatic heterocycles. The normalized spacial score (nSPS) is 20.7. The van der Waals surface area contributed by atoms with E-state index >= 15 is 0 Å². The van der Waals surface area contributed by atoms with Gasteiger partial charge in [0, 0.05) is 23.7 Å². The van der Waals surface area contributed by atoms with Crippen LogP contribution >= 0.6 is 0 Å². The van der Waals surface area contributed by atoms with Gasteiger partial charge in [-0.3, -0.25) is 0 Å². The number of ether oxygens (including phenoxy) is 2. The second-order valence-corrected chi connectivity index (χ2v) is 11.5. The van der Waals surface area contributed by atoms with E-state index < -0.39 is 0 Å². The van der Waals surface area contributed by atoms with E-state index in [0.29, 0.717) is 12.0 Å². The van der Waals surface area contributed by atoms with Crippen LogP contribution in [0.3, 0.4) is 0 Å². The van der Waals surface area contributed by atoms with Crippen molar-refractivity contribution in [1.82, 2.24) is 19.4 Å². The van der Waals surface area contributed by atoms with E-state index in [9.17, 15) is 0 Å². The van der Waals surface area contributed by atoms with Crippen molar-refractivity contribution in [1.29, 1.82) is 0 Å². The van der Waals surface area contributed by atoms with Crippen LogP contribution in [0.5, 0.6) is 11.5 Å². The van der Waals surface area contributed by atoms with Gasteiger partial charge in [0.15, 0.2) is 11.5 Å². The molecule has 6 nitrogen and oxygen atoms in total. The first-order valence-electron chi connectivity index (χ1n) is 14.3. The molecule has 0 bridgehead atoms. The lowest BCUT2D eigenvalue weighted by atomic mass is 9.88. The minimum absolute atomic E-state index is 0.300. The van der Waals surface area contributed by atoms with Crippen molar-refractivity contribution in [2.75, 3.05) is 40.4 Å². The van der Waals surface area contributed by atoms with Gasteiger partial charge in [-0.25, -0.2) is 4.98 Å². The van der Waals surface area contributed by atoms with Crippen LogP contribution in [0.15, 0.2) is 36.4 Å². The molecule has 1 aromatic heterocycles. The molecule has 0 atom stereocenters. The Balaban J connectivity index is 1.19. The van der Waals surface area contributed by atoms with Crippen molar-refractivity contribution < 1.29 is 9.47 Å². The van der Waals surface area contributed by atoms with Crippen LogP contribution < -0.4 is 9.47 Å². The average molecular weight is 503 g/mol. The standard InChI is InChI=1S/C31H42N4O2/c1-21(2)35-28-9-5-23(19-27(28)32-31(35)24-6-10-29(36-3)30(20-24)37-4)22-11-15-33(16-12-22)26-13-17-34(18-14-26)25-7-8-25/h5-6,9-10,19-22,25-26H,7-8,11-18H2,1-4H3. The molecule has 0 N–H and O–H groups in total. The van der Waals surface area contributed by atoms with Crippen LogP contribution in [0.4, 0.5) is 0 Å². The zero-order chi connectivity index (χ0) is 25.5. The molecule has 3 heterocycles. The van der Waals surface area contributed by atoms with Crippen LogP contribution in [-0.4, -0.2) is 71.8 Å². The van der Waals surface area contributed by atoms with Crippen molar-refractivity contribution in [2.24, 2.45) is 0 Å². The summed E-state index contributed by atoms with van der Waals surface area (Å²) in [6.45, 7) is 9.54. The van der Waals surface area contributed by atoms with E-state index in [1.54, 1.807) is 14.2 Å². The first kappa shape index (κ1) is 24.7. The van der Waals surface area contributed by atoms with E-state index in [1.165, 1.54) is 75.8 Å². The lowest BCUT2D eigenvalue weighted by molar-refractivity contribution is 0.0844. The highest BCUT2D eigenvalue weighted by Crippen LogP contribution is 2.37. The highest BCUT2D eigenvalue weighted by molar-refractivity contribution is 5.82. The topological polar surface area (TPSA) is 42.8 Å². The van der Waals surface area contributed by atoms with E-state index in [4.69, 9.17) is 14.5 Å². The first-order valence-corrected chi connectivity index (χ1v) is 14.3. The number of methoxy groups -OCH3 is 2. The highest BCUT2D eigenvalue weighted by Gasteiger charge is 2.34. The quantitative estimate of drug-likeness (QED) is 0.390. The SMILES string of the molecule is COc1ccc(-c2nc3cc(C4CCN(C5CCN(C6CC6)CC5)CC4)ccc3n2C(C)C)cc1OC. The summed E-state index contributed by atoms with van der Waals surface area (Å²) in [5, 5.41) is 0. The molecule has 3 aromatic rings. The number of benzene rings is 2.